The average Bonchev–Trinajstić information content (AvgIpc) is 2.91. The number of ketones is 1. The summed E-state index contributed by atoms with van der Waals surface area (Å²) in [5.41, 5.74) is 1.95. The molecule has 1 aromatic heterocycles. The minimum Gasteiger partial charge on any atom is -0.299 e. The van der Waals surface area contributed by atoms with Crippen molar-refractivity contribution >= 4 is 33.4 Å². The van der Waals surface area contributed by atoms with Gasteiger partial charge in [-0.15, -0.1) is 0 Å². The van der Waals surface area contributed by atoms with Gasteiger partial charge in [-0.1, -0.05) is 41.9 Å². The molecule has 0 bridgehead atoms. The van der Waals surface area contributed by atoms with Gasteiger partial charge in [-0.2, -0.15) is 10.1 Å². The van der Waals surface area contributed by atoms with Crippen LogP contribution in [0, 0.1) is 11.3 Å². The lowest BCUT2D eigenvalue weighted by atomic mass is 9.67. The predicted molar refractivity (Wildman–Crippen MR) is 90.9 cm³/mol. The SMILES string of the molecule is CC1(C)CC(=O)C2C(=Nc3ncnn3C2c2cccc(Br)c2)C1. The number of aliphatic imine (C=N–C) groups is 1. The first-order chi connectivity index (χ1) is 10.9. The fourth-order valence-electron chi connectivity index (χ4n) is 3.71. The van der Waals surface area contributed by atoms with Crippen molar-refractivity contribution in [2.45, 2.75) is 32.7 Å². The Balaban J connectivity index is 1.89. The maximum Gasteiger partial charge on any atom is 0.248 e. The van der Waals surface area contributed by atoms with Crippen molar-refractivity contribution in [3.05, 3.63) is 40.6 Å². The zero-order valence-corrected chi connectivity index (χ0v) is 14.6. The highest BCUT2D eigenvalue weighted by molar-refractivity contribution is 9.10. The highest BCUT2D eigenvalue weighted by atomic mass is 79.9. The van der Waals surface area contributed by atoms with Gasteiger partial charge in [0.15, 0.2) is 0 Å². The molecule has 0 radical (unpaired) electrons. The number of Topliss-reactive ketones (excluding diaryl/α,β-unsaturated/α-hetero) is 1. The van der Waals surface area contributed by atoms with Crippen molar-refractivity contribution in [2.24, 2.45) is 16.3 Å². The zero-order chi connectivity index (χ0) is 16.2. The van der Waals surface area contributed by atoms with Crippen molar-refractivity contribution in [1.29, 1.82) is 0 Å². The number of aromatic nitrogens is 3. The molecule has 1 aromatic carbocycles. The van der Waals surface area contributed by atoms with Gasteiger partial charge in [-0.3, -0.25) is 4.79 Å². The number of hydrogen-bond donors (Lipinski definition) is 0. The summed E-state index contributed by atoms with van der Waals surface area (Å²) in [4.78, 5) is 21.8. The molecule has 2 aliphatic rings. The first-order valence-corrected chi connectivity index (χ1v) is 8.49. The van der Waals surface area contributed by atoms with Gasteiger partial charge in [0.05, 0.1) is 12.0 Å². The summed E-state index contributed by atoms with van der Waals surface area (Å²) in [6, 6.07) is 7.89. The van der Waals surface area contributed by atoms with Crippen LogP contribution in [0.25, 0.3) is 0 Å². The maximum atomic E-state index is 12.9. The van der Waals surface area contributed by atoms with Crippen molar-refractivity contribution in [1.82, 2.24) is 14.8 Å². The van der Waals surface area contributed by atoms with Crippen LogP contribution in [0.3, 0.4) is 0 Å². The molecule has 2 aromatic rings. The van der Waals surface area contributed by atoms with Crippen molar-refractivity contribution in [2.75, 3.05) is 0 Å². The summed E-state index contributed by atoms with van der Waals surface area (Å²) in [6.07, 6.45) is 2.91. The molecule has 2 atom stereocenters. The van der Waals surface area contributed by atoms with Gasteiger partial charge in [0.2, 0.25) is 5.95 Å². The van der Waals surface area contributed by atoms with Crippen LogP contribution in [-0.4, -0.2) is 26.3 Å². The second-order valence-corrected chi connectivity index (χ2v) is 7.99. The quantitative estimate of drug-likeness (QED) is 0.766. The molecule has 1 aliphatic heterocycles. The monoisotopic (exact) mass is 372 g/mol. The maximum absolute atomic E-state index is 12.9. The Morgan fingerprint density at radius 1 is 1.30 bits per heavy atom. The van der Waals surface area contributed by atoms with E-state index in [0.29, 0.717) is 12.4 Å². The Hall–Kier alpha value is -1.82. The van der Waals surface area contributed by atoms with E-state index in [1.54, 1.807) is 4.68 Å². The summed E-state index contributed by atoms with van der Waals surface area (Å²) >= 11 is 3.52. The van der Waals surface area contributed by atoms with Crippen LogP contribution in [0.2, 0.25) is 0 Å². The molecule has 0 N–H and O–H groups in total. The van der Waals surface area contributed by atoms with Crippen molar-refractivity contribution < 1.29 is 4.79 Å². The Bertz CT molecular complexity index is 824. The zero-order valence-electron chi connectivity index (χ0n) is 13.0. The summed E-state index contributed by atoms with van der Waals surface area (Å²) in [5, 5.41) is 4.34. The van der Waals surface area contributed by atoms with E-state index in [0.717, 1.165) is 22.2 Å². The van der Waals surface area contributed by atoms with Crippen LogP contribution >= 0.6 is 15.9 Å². The minimum atomic E-state index is -0.244. The molecule has 0 spiro atoms. The van der Waals surface area contributed by atoms with Crippen LogP contribution < -0.4 is 0 Å². The van der Waals surface area contributed by atoms with Crippen LogP contribution in [-0.2, 0) is 4.79 Å². The molecule has 2 heterocycles. The Labute approximate surface area is 143 Å². The number of benzene rings is 1. The number of carbonyl (C=O) groups excluding carboxylic acids is 1. The van der Waals surface area contributed by atoms with Crippen LogP contribution in [0.5, 0.6) is 0 Å². The van der Waals surface area contributed by atoms with Gasteiger partial charge >= 0.3 is 0 Å². The highest BCUT2D eigenvalue weighted by Crippen LogP contribution is 2.44. The molecule has 118 valence electrons. The topological polar surface area (TPSA) is 60.1 Å². The second-order valence-electron chi connectivity index (χ2n) is 7.07. The normalized spacial score (nSPS) is 25.5. The lowest BCUT2D eigenvalue weighted by molar-refractivity contribution is -0.124. The minimum absolute atomic E-state index is 0.0452. The summed E-state index contributed by atoms with van der Waals surface area (Å²) in [7, 11) is 0. The number of fused-ring (bicyclic) bond motifs is 2. The largest absolute Gasteiger partial charge is 0.299 e. The van der Waals surface area contributed by atoms with Gasteiger partial charge in [-0.25, -0.2) is 9.67 Å². The number of hydrogen-bond acceptors (Lipinski definition) is 4. The molecule has 6 heteroatoms. The predicted octanol–water partition coefficient (Wildman–Crippen LogP) is 3.72. The summed E-state index contributed by atoms with van der Waals surface area (Å²) in [6.45, 7) is 4.24. The van der Waals surface area contributed by atoms with E-state index in [9.17, 15) is 4.79 Å². The molecular weight excluding hydrogens is 356 g/mol. The van der Waals surface area contributed by atoms with Gasteiger partial charge in [0.25, 0.3) is 0 Å². The third kappa shape index (κ3) is 2.45. The van der Waals surface area contributed by atoms with Crippen LogP contribution in [0.1, 0.15) is 38.3 Å². The van der Waals surface area contributed by atoms with E-state index in [2.05, 4.69) is 44.9 Å². The molecule has 5 nitrogen and oxygen atoms in total. The van der Waals surface area contributed by atoms with Crippen molar-refractivity contribution in [3.8, 4) is 0 Å². The Kier molecular flexibility index (Phi) is 3.27. The van der Waals surface area contributed by atoms with Gasteiger partial charge < -0.3 is 0 Å². The average molecular weight is 373 g/mol. The van der Waals surface area contributed by atoms with E-state index in [1.165, 1.54) is 6.33 Å². The van der Waals surface area contributed by atoms with Crippen LogP contribution in [0.4, 0.5) is 5.95 Å². The standard InChI is InChI=1S/C17H17BrN4O/c1-17(2)7-12-14(13(23)8-17)15(10-4-3-5-11(18)6-10)22-16(21-12)19-9-20-22/h3-6,9,14-15H,7-8H2,1-2H3. The van der Waals surface area contributed by atoms with E-state index in [-0.39, 0.29) is 23.2 Å². The first kappa shape index (κ1) is 14.8. The third-order valence-electron chi connectivity index (χ3n) is 4.59. The second kappa shape index (κ2) is 5.09. The van der Waals surface area contributed by atoms with Gasteiger partial charge in [-0.05, 0) is 29.5 Å². The number of nitrogens with zero attached hydrogens (tertiary/aromatic N) is 4. The Morgan fingerprint density at radius 3 is 2.91 bits per heavy atom. The summed E-state index contributed by atoms with van der Waals surface area (Å²) < 4.78 is 2.77. The molecule has 1 aliphatic carbocycles. The smallest absolute Gasteiger partial charge is 0.248 e. The molecule has 0 saturated heterocycles. The number of rotatable bonds is 1. The molecule has 1 fully saturated rings. The number of carbonyl (C=O) groups is 1. The third-order valence-corrected chi connectivity index (χ3v) is 5.08. The van der Waals surface area contributed by atoms with Gasteiger partial charge in [0.1, 0.15) is 12.1 Å². The summed E-state index contributed by atoms with van der Waals surface area (Å²) in [5.74, 6) is 0.587. The lowest BCUT2D eigenvalue weighted by Gasteiger charge is -2.40. The van der Waals surface area contributed by atoms with Crippen LogP contribution in [0.15, 0.2) is 40.1 Å². The fourth-order valence-corrected chi connectivity index (χ4v) is 4.13. The molecule has 23 heavy (non-hydrogen) atoms. The molecule has 1 saturated carbocycles. The number of halogens is 1. The molecule has 2 unspecified atom stereocenters. The lowest BCUT2D eigenvalue weighted by Crippen LogP contribution is -2.44. The fraction of sp³-hybridized carbons (Fsp3) is 0.412. The first-order valence-electron chi connectivity index (χ1n) is 7.70. The van der Waals surface area contributed by atoms with E-state index < -0.39 is 0 Å². The van der Waals surface area contributed by atoms with E-state index in [4.69, 9.17) is 0 Å². The molecular formula is C17H17BrN4O. The van der Waals surface area contributed by atoms with E-state index >= 15 is 0 Å². The van der Waals surface area contributed by atoms with Crippen molar-refractivity contribution in [3.63, 3.8) is 0 Å². The molecule has 0 amide bonds. The Morgan fingerprint density at radius 2 is 2.13 bits per heavy atom. The molecule has 4 rings (SSSR count). The highest BCUT2D eigenvalue weighted by Gasteiger charge is 2.46. The van der Waals surface area contributed by atoms with Gasteiger partial charge in [0, 0.05) is 16.6 Å². The van der Waals surface area contributed by atoms with E-state index in [1.807, 2.05) is 24.3 Å².